The Labute approximate surface area is 127 Å². The van der Waals surface area contributed by atoms with Gasteiger partial charge in [0.25, 0.3) is 10.0 Å². The topological polar surface area (TPSA) is 37.4 Å². The van der Waals surface area contributed by atoms with Gasteiger partial charge >= 0.3 is 0 Å². The van der Waals surface area contributed by atoms with Gasteiger partial charge in [-0.3, -0.25) is 0 Å². The Morgan fingerprint density at radius 1 is 1.30 bits per heavy atom. The minimum Gasteiger partial charge on any atom is -0.206 e. The molecule has 3 rings (SSSR count). The predicted octanol–water partition coefficient (Wildman–Crippen LogP) is 3.73. The van der Waals surface area contributed by atoms with E-state index in [9.17, 15) is 8.42 Å². The first-order valence-corrected chi connectivity index (χ1v) is 9.93. The van der Waals surface area contributed by atoms with Crippen LogP contribution in [0.2, 0.25) is 0 Å². The van der Waals surface area contributed by atoms with Crippen molar-refractivity contribution in [3.63, 3.8) is 0 Å². The van der Waals surface area contributed by atoms with E-state index in [1.807, 2.05) is 29.8 Å². The molecule has 0 saturated heterocycles. The monoisotopic (exact) mass is 327 g/mol. The zero-order valence-corrected chi connectivity index (χ0v) is 13.7. The molecule has 20 heavy (non-hydrogen) atoms. The van der Waals surface area contributed by atoms with Crippen LogP contribution >= 0.6 is 22.7 Å². The van der Waals surface area contributed by atoms with Crippen molar-refractivity contribution in [2.75, 3.05) is 0 Å². The van der Waals surface area contributed by atoms with Crippen LogP contribution in [0, 0.1) is 0 Å². The van der Waals surface area contributed by atoms with E-state index < -0.39 is 10.0 Å². The number of sulfonamides is 1. The first-order valence-electron chi connectivity index (χ1n) is 6.73. The van der Waals surface area contributed by atoms with Crippen LogP contribution in [0.4, 0.5) is 0 Å². The van der Waals surface area contributed by atoms with Crippen molar-refractivity contribution in [2.45, 2.75) is 43.0 Å². The number of hydrogen-bond acceptors (Lipinski definition) is 4. The van der Waals surface area contributed by atoms with Gasteiger partial charge in [0.1, 0.15) is 4.21 Å². The first-order chi connectivity index (χ1) is 9.61. The van der Waals surface area contributed by atoms with Crippen molar-refractivity contribution in [1.82, 2.24) is 4.31 Å². The molecule has 2 aromatic rings. The lowest BCUT2D eigenvalue weighted by Gasteiger charge is -2.20. The fraction of sp³-hybridized carbons (Fsp3) is 0.429. The quantitative estimate of drug-likeness (QED) is 0.811. The highest BCUT2D eigenvalue weighted by Gasteiger charge is 2.38. The summed E-state index contributed by atoms with van der Waals surface area (Å²) in [4.78, 5) is 1.12. The van der Waals surface area contributed by atoms with Crippen molar-refractivity contribution in [1.29, 1.82) is 0 Å². The third kappa shape index (κ3) is 2.83. The number of aryl methyl sites for hydroxylation is 1. The van der Waals surface area contributed by atoms with Crippen molar-refractivity contribution in [3.8, 4) is 0 Å². The maximum atomic E-state index is 12.8. The first kappa shape index (κ1) is 14.3. The Morgan fingerprint density at radius 2 is 2.10 bits per heavy atom. The summed E-state index contributed by atoms with van der Waals surface area (Å²) in [5, 5.41) is 4.02. The molecular formula is C14H17NO2S3. The van der Waals surface area contributed by atoms with E-state index in [1.165, 1.54) is 11.3 Å². The van der Waals surface area contributed by atoms with E-state index in [1.54, 1.807) is 21.7 Å². The fourth-order valence-corrected chi connectivity index (χ4v) is 5.90. The molecule has 1 aliphatic rings. The van der Waals surface area contributed by atoms with E-state index in [4.69, 9.17) is 0 Å². The Bertz CT molecular complexity index is 669. The molecule has 0 amide bonds. The van der Waals surface area contributed by atoms with Crippen LogP contribution in [0.5, 0.6) is 0 Å². The molecule has 2 aromatic heterocycles. The predicted molar refractivity (Wildman–Crippen MR) is 83.8 cm³/mol. The summed E-state index contributed by atoms with van der Waals surface area (Å²) in [7, 11) is -3.35. The Kier molecular flexibility index (Phi) is 3.99. The lowest BCUT2D eigenvalue weighted by molar-refractivity contribution is 0.400. The van der Waals surface area contributed by atoms with E-state index >= 15 is 0 Å². The maximum Gasteiger partial charge on any atom is 0.253 e. The minimum absolute atomic E-state index is 0.187. The fourth-order valence-electron chi connectivity index (χ4n) is 2.14. The number of hydrogen-bond donors (Lipinski definition) is 0. The molecule has 108 valence electrons. The molecule has 0 spiro atoms. The molecule has 6 heteroatoms. The van der Waals surface area contributed by atoms with Crippen LogP contribution < -0.4 is 0 Å². The normalized spacial score (nSPS) is 15.9. The molecule has 0 atom stereocenters. The molecule has 0 aromatic carbocycles. The van der Waals surface area contributed by atoms with Crippen LogP contribution in [-0.2, 0) is 23.0 Å². The van der Waals surface area contributed by atoms with Gasteiger partial charge in [-0.15, -0.1) is 11.3 Å². The smallest absolute Gasteiger partial charge is 0.206 e. The molecule has 1 saturated carbocycles. The molecule has 0 N–H and O–H groups in total. The standard InChI is InChI=1S/C14H17NO2S3/c1-2-13-5-6-14(19-13)20(16,17)15(12-3-4-12)9-11-7-8-18-10-11/h5-8,10,12H,2-4,9H2,1H3. The van der Waals surface area contributed by atoms with Crippen molar-refractivity contribution >= 4 is 32.7 Å². The molecule has 0 aliphatic heterocycles. The summed E-state index contributed by atoms with van der Waals surface area (Å²) >= 11 is 3.01. The number of thiophene rings is 2. The summed E-state index contributed by atoms with van der Waals surface area (Å²) in [5.41, 5.74) is 1.08. The highest BCUT2D eigenvalue weighted by atomic mass is 32.2. The van der Waals surface area contributed by atoms with Gasteiger partial charge in [0.05, 0.1) is 0 Å². The summed E-state index contributed by atoms with van der Waals surface area (Å²) in [6.07, 6.45) is 2.85. The Morgan fingerprint density at radius 3 is 2.65 bits per heavy atom. The SMILES string of the molecule is CCc1ccc(S(=O)(=O)N(Cc2ccsc2)C2CC2)s1. The van der Waals surface area contributed by atoms with Gasteiger partial charge in [-0.2, -0.15) is 15.6 Å². The Hall–Kier alpha value is -0.690. The zero-order chi connectivity index (χ0) is 14.2. The van der Waals surface area contributed by atoms with Crippen molar-refractivity contribution in [3.05, 3.63) is 39.4 Å². The lowest BCUT2D eigenvalue weighted by Crippen LogP contribution is -2.32. The van der Waals surface area contributed by atoms with Crippen LogP contribution in [0.25, 0.3) is 0 Å². The third-order valence-electron chi connectivity index (χ3n) is 3.42. The van der Waals surface area contributed by atoms with Crippen LogP contribution in [0.1, 0.15) is 30.2 Å². The van der Waals surface area contributed by atoms with Crippen LogP contribution in [0.15, 0.2) is 33.2 Å². The van der Waals surface area contributed by atoms with Gasteiger partial charge in [0.15, 0.2) is 0 Å². The summed E-state index contributed by atoms with van der Waals surface area (Å²) in [6.45, 7) is 2.54. The molecule has 1 fully saturated rings. The molecule has 0 radical (unpaired) electrons. The number of nitrogens with zero attached hydrogens (tertiary/aromatic N) is 1. The lowest BCUT2D eigenvalue weighted by atomic mass is 10.3. The van der Waals surface area contributed by atoms with E-state index in [2.05, 4.69) is 0 Å². The molecular weight excluding hydrogens is 310 g/mol. The average molecular weight is 327 g/mol. The molecule has 2 heterocycles. The van der Waals surface area contributed by atoms with Gasteiger partial charge in [0, 0.05) is 17.5 Å². The van der Waals surface area contributed by atoms with Gasteiger partial charge < -0.3 is 0 Å². The second-order valence-electron chi connectivity index (χ2n) is 4.99. The molecule has 0 unspecified atom stereocenters. The molecule has 0 bridgehead atoms. The van der Waals surface area contributed by atoms with Gasteiger partial charge in [-0.05, 0) is 53.8 Å². The second kappa shape index (κ2) is 5.60. The van der Waals surface area contributed by atoms with Gasteiger partial charge in [-0.25, -0.2) is 8.42 Å². The van der Waals surface area contributed by atoms with Crippen molar-refractivity contribution < 1.29 is 8.42 Å². The largest absolute Gasteiger partial charge is 0.253 e. The van der Waals surface area contributed by atoms with Gasteiger partial charge in [0.2, 0.25) is 0 Å². The minimum atomic E-state index is -3.35. The molecule has 3 nitrogen and oxygen atoms in total. The maximum absolute atomic E-state index is 12.8. The molecule has 1 aliphatic carbocycles. The number of rotatable bonds is 6. The summed E-state index contributed by atoms with van der Waals surface area (Å²) in [6, 6.07) is 5.86. The third-order valence-corrected chi connectivity index (χ3v) is 7.75. The van der Waals surface area contributed by atoms with Gasteiger partial charge in [-0.1, -0.05) is 6.92 Å². The zero-order valence-electron chi connectivity index (χ0n) is 11.3. The van der Waals surface area contributed by atoms with E-state index in [0.29, 0.717) is 10.8 Å². The van der Waals surface area contributed by atoms with Crippen LogP contribution in [0.3, 0.4) is 0 Å². The Balaban J connectivity index is 1.89. The van der Waals surface area contributed by atoms with Crippen LogP contribution in [-0.4, -0.2) is 18.8 Å². The average Bonchev–Trinajstić information content (AvgIpc) is 2.96. The van der Waals surface area contributed by atoms with E-state index in [-0.39, 0.29) is 6.04 Å². The highest BCUT2D eigenvalue weighted by molar-refractivity contribution is 7.91. The second-order valence-corrected chi connectivity index (χ2v) is 9.05. The highest BCUT2D eigenvalue weighted by Crippen LogP contribution is 2.35. The summed E-state index contributed by atoms with van der Waals surface area (Å²) < 4.78 is 27.8. The summed E-state index contributed by atoms with van der Waals surface area (Å²) in [5.74, 6) is 0. The van der Waals surface area contributed by atoms with Crippen molar-refractivity contribution in [2.24, 2.45) is 0 Å². The van der Waals surface area contributed by atoms with E-state index in [0.717, 1.165) is 29.7 Å².